The Morgan fingerprint density at radius 2 is 1.48 bits per heavy atom. The fourth-order valence-electron chi connectivity index (χ4n) is 2.57. The molecule has 1 aliphatic rings. The molecule has 0 amide bonds. The van der Waals surface area contributed by atoms with E-state index in [2.05, 4.69) is 0 Å². The molecule has 27 heavy (non-hydrogen) atoms. The Labute approximate surface area is 153 Å². The van der Waals surface area contributed by atoms with Gasteiger partial charge in [0.15, 0.2) is 6.10 Å². The molecule has 1 fully saturated rings. The van der Waals surface area contributed by atoms with Crippen molar-refractivity contribution in [3.8, 4) is 0 Å². The molecule has 3 rings (SSSR count). The van der Waals surface area contributed by atoms with Crippen LogP contribution in [0.25, 0.3) is 0 Å². The molecular formula is C19H16F2O6. The molecule has 0 radical (unpaired) electrons. The molecule has 0 unspecified atom stereocenters. The molecule has 1 saturated heterocycles. The van der Waals surface area contributed by atoms with Gasteiger partial charge in [-0.05, 0) is 24.3 Å². The van der Waals surface area contributed by atoms with Gasteiger partial charge in [0.1, 0.15) is 12.7 Å². The van der Waals surface area contributed by atoms with Gasteiger partial charge in [-0.3, -0.25) is 0 Å². The van der Waals surface area contributed by atoms with Crippen molar-refractivity contribution in [3.63, 3.8) is 0 Å². The summed E-state index contributed by atoms with van der Waals surface area (Å²) in [5.41, 5.74) is 0.287. The van der Waals surface area contributed by atoms with E-state index in [1.54, 1.807) is 36.4 Å². The minimum absolute atomic E-state index is 0.0646. The standard InChI is InChI=1S/C19H16F2O6/c20-19(21)15(27-17(23)13-9-5-2-6-10-13)14(26-18(19)24)11-25-16(22)12-7-3-1-4-8-12/h1-10,14-15,18,24H,11H2/t14-,15-,18+/m1/s1. The van der Waals surface area contributed by atoms with Crippen LogP contribution in [0.4, 0.5) is 8.78 Å². The summed E-state index contributed by atoms with van der Waals surface area (Å²) < 4.78 is 43.0. The predicted molar refractivity (Wildman–Crippen MR) is 88.2 cm³/mol. The third-order valence-electron chi connectivity index (χ3n) is 3.98. The topological polar surface area (TPSA) is 82.1 Å². The van der Waals surface area contributed by atoms with E-state index in [-0.39, 0.29) is 11.1 Å². The maximum Gasteiger partial charge on any atom is 0.338 e. The first-order valence-electron chi connectivity index (χ1n) is 8.09. The van der Waals surface area contributed by atoms with Crippen LogP contribution in [0.5, 0.6) is 0 Å². The second-order valence-electron chi connectivity index (χ2n) is 5.86. The van der Waals surface area contributed by atoms with E-state index in [4.69, 9.17) is 14.2 Å². The van der Waals surface area contributed by atoms with Crippen LogP contribution < -0.4 is 0 Å². The SMILES string of the molecule is O=C(OC[C@H]1O[C@H](O)C(F)(F)[C@@H]1OC(=O)c1ccccc1)c1ccccc1. The lowest BCUT2D eigenvalue weighted by Crippen LogP contribution is -2.44. The Balaban J connectivity index is 1.69. The minimum atomic E-state index is -3.85. The summed E-state index contributed by atoms with van der Waals surface area (Å²) in [5, 5.41) is 9.46. The van der Waals surface area contributed by atoms with Gasteiger partial charge in [0.25, 0.3) is 0 Å². The molecule has 0 aromatic heterocycles. The molecule has 0 spiro atoms. The molecule has 142 valence electrons. The van der Waals surface area contributed by atoms with Gasteiger partial charge in [0, 0.05) is 0 Å². The van der Waals surface area contributed by atoms with E-state index in [1.165, 1.54) is 24.3 Å². The summed E-state index contributed by atoms with van der Waals surface area (Å²) in [6.07, 6.45) is -6.11. The highest BCUT2D eigenvalue weighted by Crippen LogP contribution is 2.37. The molecule has 0 saturated carbocycles. The Bertz CT molecular complexity index is 796. The number of hydrogen-bond donors (Lipinski definition) is 1. The number of carbonyl (C=O) groups is 2. The maximum absolute atomic E-state index is 14.2. The Morgan fingerprint density at radius 3 is 2.04 bits per heavy atom. The van der Waals surface area contributed by atoms with E-state index in [1.807, 2.05) is 0 Å². The molecule has 1 aliphatic heterocycles. The predicted octanol–water partition coefficient (Wildman–Crippen LogP) is 2.42. The van der Waals surface area contributed by atoms with Crippen molar-refractivity contribution >= 4 is 11.9 Å². The van der Waals surface area contributed by atoms with Crippen LogP contribution in [0.2, 0.25) is 0 Å². The number of alkyl halides is 2. The van der Waals surface area contributed by atoms with Crippen molar-refractivity contribution in [1.29, 1.82) is 0 Å². The molecule has 6 nitrogen and oxygen atoms in total. The smallest absolute Gasteiger partial charge is 0.338 e. The van der Waals surface area contributed by atoms with Crippen LogP contribution in [0, 0.1) is 0 Å². The number of esters is 2. The second kappa shape index (κ2) is 7.81. The molecule has 1 heterocycles. The quantitative estimate of drug-likeness (QED) is 0.805. The van der Waals surface area contributed by atoms with Gasteiger partial charge in [-0.1, -0.05) is 36.4 Å². The van der Waals surface area contributed by atoms with Gasteiger partial charge in [-0.15, -0.1) is 0 Å². The summed E-state index contributed by atoms with van der Waals surface area (Å²) in [6, 6.07) is 15.5. The van der Waals surface area contributed by atoms with E-state index < -0.39 is 43.0 Å². The fourth-order valence-corrected chi connectivity index (χ4v) is 2.57. The lowest BCUT2D eigenvalue weighted by Gasteiger charge is -2.22. The minimum Gasteiger partial charge on any atom is -0.459 e. The van der Waals surface area contributed by atoms with Gasteiger partial charge in [0.2, 0.25) is 6.29 Å². The van der Waals surface area contributed by atoms with Crippen molar-refractivity contribution in [2.24, 2.45) is 0 Å². The highest BCUT2D eigenvalue weighted by molar-refractivity contribution is 5.90. The Hall–Kier alpha value is -2.84. The first-order valence-corrected chi connectivity index (χ1v) is 8.09. The summed E-state index contributed by atoms with van der Waals surface area (Å²) in [7, 11) is 0. The Morgan fingerprint density at radius 1 is 0.963 bits per heavy atom. The molecule has 0 aliphatic carbocycles. The van der Waals surface area contributed by atoms with Gasteiger partial charge in [0.05, 0.1) is 11.1 Å². The highest BCUT2D eigenvalue weighted by Gasteiger charge is 2.61. The van der Waals surface area contributed by atoms with E-state index >= 15 is 0 Å². The summed E-state index contributed by atoms with van der Waals surface area (Å²) in [5.74, 6) is -5.61. The molecule has 8 heteroatoms. The Kier molecular flexibility index (Phi) is 5.48. The number of ether oxygens (including phenoxy) is 3. The molecule has 1 N–H and O–H groups in total. The summed E-state index contributed by atoms with van der Waals surface area (Å²) >= 11 is 0. The van der Waals surface area contributed by atoms with Crippen LogP contribution in [0.1, 0.15) is 20.7 Å². The van der Waals surface area contributed by atoms with Crippen LogP contribution in [-0.4, -0.2) is 48.1 Å². The maximum atomic E-state index is 14.2. The average molecular weight is 378 g/mol. The van der Waals surface area contributed by atoms with Gasteiger partial charge >= 0.3 is 17.9 Å². The van der Waals surface area contributed by atoms with Crippen molar-refractivity contribution in [2.45, 2.75) is 24.4 Å². The zero-order valence-electron chi connectivity index (χ0n) is 14.0. The largest absolute Gasteiger partial charge is 0.459 e. The van der Waals surface area contributed by atoms with Crippen LogP contribution >= 0.6 is 0 Å². The van der Waals surface area contributed by atoms with Gasteiger partial charge < -0.3 is 19.3 Å². The third-order valence-corrected chi connectivity index (χ3v) is 3.98. The van der Waals surface area contributed by atoms with E-state index in [9.17, 15) is 23.5 Å². The lowest BCUT2D eigenvalue weighted by molar-refractivity contribution is -0.199. The van der Waals surface area contributed by atoms with Crippen molar-refractivity contribution in [2.75, 3.05) is 6.61 Å². The number of benzene rings is 2. The van der Waals surface area contributed by atoms with Crippen LogP contribution in [0.15, 0.2) is 60.7 Å². The summed E-state index contributed by atoms with van der Waals surface area (Å²) in [4.78, 5) is 24.1. The van der Waals surface area contributed by atoms with Crippen molar-refractivity contribution in [3.05, 3.63) is 71.8 Å². The number of rotatable bonds is 5. The molecule has 2 aromatic rings. The van der Waals surface area contributed by atoms with Gasteiger partial charge in [-0.2, -0.15) is 8.78 Å². The molecule has 2 aromatic carbocycles. The third kappa shape index (κ3) is 4.12. The number of aliphatic hydroxyl groups excluding tert-OH is 1. The number of hydrogen-bond acceptors (Lipinski definition) is 6. The monoisotopic (exact) mass is 378 g/mol. The van der Waals surface area contributed by atoms with Crippen LogP contribution in [0.3, 0.4) is 0 Å². The zero-order chi connectivity index (χ0) is 19.4. The zero-order valence-corrected chi connectivity index (χ0v) is 14.0. The lowest BCUT2D eigenvalue weighted by atomic mass is 10.1. The van der Waals surface area contributed by atoms with E-state index in [0.717, 1.165) is 0 Å². The molecule has 3 atom stereocenters. The molecule has 0 bridgehead atoms. The average Bonchev–Trinajstić information content (AvgIpc) is 2.90. The fraction of sp³-hybridized carbons (Fsp3) is 0.263. The first-order chi connectivity index (χ1) is 12.9. The number of aliphatic hydroxyl groups is 1. The van der Waals surface area contributed by atoms with E-state index in [0.29, 0.717) is 0 Å². The van der Waals surface area contributed by atoms with Gasteiger partial charge in [-0.25, -0.2) is 9.59 Å². The number of carbonyl (C=O) groups excluding carboxylic acids is 2. The van der Waals surface area contributed by atoms with Crippen molar-refractivity contribution < 1.29 is 37.7 Å². The normalized spacial score (nSPS) is 23.6. The summed E-state index contributed by atoms with van der Waals surface area (Å²) in [6.45, 7) is -0.618. The molecular weight excluding hydrogens is 362 g/mol. The first kappa shape index (κ1) is 18.9. The highest BCUT2D eigenvalue weighted by atomic mass is 19.3. The number of halogens is 2. The van der Waals surface area contributed by atoms with Crippen molar-refractivity contribution in [1.82, 2.24) is 0 Å². The van der Waals surface area contributed by atoms with Crippen LogP contribution in [-0.2, 0) is 14.2 Å². The second-order valence-corrected chi connectivity index (χ2v) is 5.86.